The number of nitrogens with two attached hydrogens (primary N) is 1. The summed E-state index contributed by atoms with van der Waals surface area (Å²) in [5, 5.41) is 12.9. The summed E-state index contributed by atoms with van der Waals surface area (Å²) in [6, 6.07) is 32.5. The van der Waals surface area contributed by atoms with Crippen LogP contribution in [0.3, 0.4) is 0 Å². The van der Waals surface area contributed by atoms with Crippen molar-refractivity contribution in [2.45, 2.75) is 0 Å². The van der Waals surface area contributed by atoms with E-state index in [0.29, 0.717) is 0 Å². The molecular weight excluding hydrogens is 326 g/mol. The van der Waals surface area contributed by atoms with E-state index >= 15 is 0 Å². The first-order valence-electron chi connectivity index (χ1n) is 9.26. The molecule has 0 unspecified atom stereocenters. The molecule has 6 aromatic carbocycles. The van der Waals surface area contributed by atoms with Crippen molar-refractivity contribution in [3.05, 3.63) is 91.0 Å². The first-order chi connectivity index (χ1) is 13.3. The number of hydrogen-bond acceptors (Lipinski definition) is 1. The minimum absolute atomic E-state index is 0.803. The standard InChI is InChI=1S/C26H17N/c27-16-13-14-23-24(15-16)19-9-3-6-12-22(19)25-20-10-4-1-7-17(20)18-8-2-5-11-21(18)26(23)25/h1-15H,27H2. The molecule has 0 amide bonds. The largest absolute Gasteiger partial charge is 0.399 e. The van der Waals surface area contributed by atoms with Crippen molar-refractivity contribution in [3.63, 3.8) is 0 Å². The van der Waals surface area contributed by atoms with Gasteiger partial charge in [-0.25, -0.2) is 0 Å². The molecule has 0 aliphatic rings. The summed E-state index contributed by atoms with van der Waals surface area (Å²) < 4.78 is 0. The van der Waals surface area contributed by atoms with Gasteiger partial charge in [0.25, 0.3) is 0 Å². The van der Waals surface area contributed by atoms with Crippen molar-refractivity contribution in [3.8, 4) is 0 Å². The van der Waals surface area contributed by atoms with E-state index in [1.54, 1.807) is 0 Å². The first-order valence-corrected chi connectivity index (χ1v) is 9.26. The van der Waals surface area contributed by atoms with Gasteiger partial charge in [0.15, 0.2) is 0 Å². The van der Waals surface area contributed by atoms with Gasteiger partial charge < -0.3 is 5.73 Å². The second kappa shape index (κ2) is 5.21. The molecule has 0 saturated heterocycles. The van der Waals surface area contributed by atoms with Crippen molar-refractivity contribution in [2.75, 3.05) is 5.73 Å². The second-order valence-electron chi connectivity index (χ2n) is 7.19. The highest BCUT2D eigenvalue weighted by molar-refractivity contribution is 6.39. The maximum absolute atomic E-state index is 6.16. The molecule has 1 heteroatoms. The molecule has 0 bridgehead atoms. The average Bonchev–Trinajstić information content (AvgIpc) is 2.73. The summed E-state index contributed by atoms with van der Waals surface area (Å²) in [5.74, 6) is 0. The van der Waals surface area contributed by atoms with E-state index < -0.39 is 0 Å². The predicted molar refractivity (Wildman–Crippen MR) is 118 cm³/mol. The fourth-order valence-corrected chi connectivity index (χ4v) is 4.64. The van der Waals surface area contributed by atoms with E-state index in [1.807, 2.05) is 6.07 Å². The van der Waals surface area contributed by atoms with Crippen LogP contribution in [0.5, 0.6) is 0 Å². The minimum Gasteiger partial charge on any atom is -0.399 e. The van der Waals surface area contributed by atoms with Crippen LogP contribution in [0.25, 0.3) is 53.9 Å². The van der Waals surface area contributed by atoms with Gasteiger partial charge in [0.1, 0.15) is 0 Å². The van der Waals surface area contributed by atoms with Crippen molar-refractivity contribution in [1.82, 2.24) is 0 Å². The molecule has 2 N–H and O–H groups in total. The van der Waals surface area contributed by atoms with Crippen molar-refractivity contribution in [2.24, 2.45) is 0 Å². The molecule has 0 fully saturated rings. The summed E-state index contributed by atoms with van der Waals surface area (Å²) in [6.07, 6.45) is 0. The molecule has 6 rings (SSSR count). The van der Waals surface area contributed by atoms with Crippen LogP contribution in [0.15, 0.2) is 91.0 Å². The van der Waals surface area contributed by atoms with Crippen molar-refractivity contribution < 1.29 is 0 Å². The zero-order valence-corrected chi connectivity index (χ0v) is 14.7. The van der Waals surface area contributed by atoms with Crippen LogP contribution in [-0.4, -0.2) is 0 Å². The normalized spacial score (nSPS) is 11.9. The Hall–Kier alpha value is -3.58. The highest BCUT2D eigenvalue weighted by atomic mass is 14.5. The zero-order chi connectivity index (χ0) is 18.0. The first kappa shape index (κ1) is 14.6. The zero-order valence-electron chi connectivity index (χ0n) is 14.7. The maximum Gasteiger partial charge on any atom is 0.0320 e. The molecule has 0 aliphatic carbocycles. The van der Waals surface area contributed by atoms with E-state index in [2.05, 4.69) is 84.9 Å². The number of benzene rings is 6. The van der Waals surface area contributed by atoms with E-state index in [1.165, 1.54) is 53.9 Å². The monoisotopic (exact) mass is 343 g/mol. The van der Waals surface area contributed by atoms with Crippen LogP contribution >= 0.6 is 0 Å². The number of nitrogen functional groups attached to an aromatic ring is 1. The molecule has 1 nitrogen and oxygen atoms in total. The summed E-state index contributed by atoms with van der Waals surface area (Å²) in [6.45, 7) is 0. The molecule has 6 aromatic rings. The lowest BCUT2D eigenvalue weighted by molar-refractivity contribution is 1.76. The number of anilines is 1. The third-order valence-corrected chi connectivity index (χ3v) is 5.73. The predicted octanol–water partition coefficient (Wildman–Crippen LogP) is 7.03. The average molecular weight is 343 g/mol. The molecule has 27 heavy (non-hydrogen) atoms. The number of fused-ring (bicyclic) bond motifs is 11. The molecule has 0 atom stereocenters. The summed E-state index contributed by atoms with van der Waals surface area (Å²) in [7, 11) is 0. The van der Waals surface area contributed by atoms with Gasteiger partial charge in [0, 0.05) is 5.69 Å². The molecular formula is C26H17N. The Bertz CT molecular complexity index is 1530. The van der Waals surface area contributed by atoms with E-state index in [0.717, 1.165) is 5.69 Å². The highest BCUT2D eigenvalue weighted by Gasteiger charge is 2.15. The molecule has 0 radical (unpaired) electrons. The second-order valence-corrected chi connectivity index (χ2v) is 7.19. The van der Waals surface area contributed by atoms with Crippen LogP contribution in [-0.2, 0) is 0 Å². The van der Waals surface area contributed by atoms with Gasteiger partial charge in [-0.05, 0) is 66.0 Å². The Balaban J connectivity index is 2.12. The molecule has 0 aromatic heterocycles. The van der Waals surface area contributed by atoms with Crippen LogP contribution in [0.2, 0.25) is 0 Å². The van der Waals surface area contributed by atoms with Gasteiger partial charge in [-0.1, -0.05) is 78.9 Å². The highest BCUT2D eigenvalue weighted by Crippen LogP contribution is 2.43. The Kier molecular flexibility index (Phi) is 2.81. The quantitative estimate of drug-likeness (QED) is 0.232. The van der Waals surface area contributed by atoms with Crippen LogP contribution < -0.4 is 5.73 Å². The number of hydrogen-bond donors (Lipinski definition) is 1. The third-order valence-electron chi connectivity index (χ3n) is 5.73. The van der Waals surface area contributed by atoms with Gasteiger partial charge in [0.2, 0.25) is 0 Å². The molecule has 0 heterocycles. The fraction of sp³-hybridized carbons (Fsp3) is 0. The maximum atomic E-state index is 6.16. The van der Waals surface area contributed by atoms with Gasteiger partial charge >= 0.3 is 0 Å². The smallest absolute Gasteiger partial charge is 0.0320 e. The molecule has 0 aliphatic heterocycles. The van der Waals surface area contributed by atoms with Crippen molar-refractivity contribution in [1.29, 1.82) is 0 Å². The number of rotatable bonds is 0. The third kappa shape index (κ3) is 1.89. The molecule has 0 saturated carbocycles. The van der Waals surface area contributed by atoms with Crippen LogP contribution in [0, 0.1) is 0 Å². The SMILES string of the molecule is Nc1ccc2c(c1)c1ccccc1c1c3ccccc3c3ccccc3c21. The Labute approximate surface area is 156 Å². The molecule has 0 spiro atoms. The van der Waals surface area contributed by atoms with Crippen LogP contribution in [0.1, 0.15) is 0 Å². The van der Waals surface area contributed by atoms with E-state index in [-0.39, 0.29) is 0 Å². The topological polar surface area (TPSA) is 26.0 Å². The fourth-order valence-electron chi connectivity index (χ4n) is 4.64. The summed E-state index contributed by atoms with van der Waals surface area (Å²) in [5.41, 5.74) is 6.97. The lowest BCUT2D eigenvalue weighted by Gasteiger charge is -2.16. The van der Waals surface area contributed by atoms with Crippen molar-refractivity contribution >= 4 is 59.5 Å². The van der Waals surface area contributed by atoms with Gasteiger partial charge in [-0.2, -0.15) is 0 Å². The van der Waals surface area contributed by atoms with E-state index in [9.17, 15) is 0 Å². The Morgan fingerprint density at radius 3 is 1.22 bits per heavy atom. The van der Waals surface area contributed by atoms with Crippen LogP contribution in [0.4, 0.5) is 5.69 Å². The summed E-state index contributed by atoms with van der Waals surface area (Å²) in [4.78, 5) is 0. The lowest BCUT2D eigenvalue weighted by Crippen LogP contribution is -1.90. The van der Waals surface area contributed by atoms with Gasteiger partial charge in [-0.15, -0.1) is 0 Å². The Morgan fingerprint density at radius 1 is 0.370 bits per heavy atom. The minimum atomic E-state index is 0.803. The van der Waals surface area contributed by atoms with Gasteiger partial charge in [-0.3, -0.25) is 0 Å². The lowest BCUT2D eigenvalue weighted by atomic mass is 9.87. The Morgan fingerprint density at radius 2 is 0.741 bits per heavy atom. The van der Waals surface area contributed by atoms with E-state index in [4.69, 9.17) is 5.73 Å². The van der Waals surface area contributed by atoms with Gasteiger partial charge in [0.05, 0.1) is 0 Å². The summed E-state index contributed by atoms with van der Waals surface area (Å²) >= 11 is 0. The molecule has 126 valence electrons.